The molecular formula is C12H14N2O7S. The van der Waals surface area contributed by atoms with Crippen molar-refractivity contribution in [3.63, 3.8) is 0 Å². The fourth-order valence-corrected chi connectivity index (χ4v) is 2.55. The number of aliphatic carboxylic acids is 1. The lowest BCUT2D eigenvalue weighted by Gasteiger charge is -2.13. The molecule has 0 heterocycles. The van der Waals surface area contributed by atoms with Crippen molar-refractivity contribution in [2.75, 3.05) is 7.11 Å². The lowest BCUT2D eigenvalue weighted by molar-refractivity contribution is -0.138. The predicted molar refractivity (Wildman–Crippen MR) is 73.7 cm³/mol. The van der Waals surface area contributed by atoms with Gasteiger partial charge in [-0.2, -0.15) is 0 Å². The van der Waals surface area contributed by atoms with Crippen LogP contribution < -0.4 is 10.0 Å². The largest absolute Gasteiger partial charge is 0.480 e. The molecule has 0 aliphatic rings. The zero-order valence-corrected chi connectivity index (χ0v) is 12.5. The average molecular weight is 330 g/mol. The van der Waals surface area contributed by atoms with E-state index in [2.05, 4.69) is 10.1 Å². The van der Waals surface area contributed by atoms with Gasteiger partial charge in [-0.25, -0.2) is 17.9 Å². The number of benzene rings is 1. The lowest BCUT2D eigenvalue weighted by Crippen LogP contribution is -2.39. The minimum absolute atomic E-state index is 0.299. The molecule has 0 spiro atoms. The Kier molecular flexibility index (Phi) is 5.46. The van der Waals surface area contributed by atoms with Gasteiger partial charge < -0.3 is 15.2 Å². The summed E-state index contributed by atoms with van der Waals surface area (Å²) in [6, 6.07) is 3.83. The predicted octanol–water partition coefficient (Wildman–Crippen LogP) is -0.0658. The zero-order valence-electron chi connectivity index (χ0n) is 11.7. The van der Waals surface area contributed by atoms with E-state index in [9.17, 15) is 22.8 Å². The van der Waals surface area contributed by atoms with Crippen LogP contribution in [-0.4, -0.2) is 44.6 Å². The van der Waals surface area contributed by atoms with E-state index in [1.54, 1.807) is 4.72 Å². The first-order chi connectivity index (χ1) is 10.2. The van der Waals surface area contributed by atoms with Crippen molar-refractivity contribution >= 4 is 28.0 Å². The number of hydrogen-bond acceptors (Lipinski definition) is 6. The quantitative estimate of drug-likeness (QED) is 0.687. The fourth-order valence-electron chi connectivity index (χ4n) is 1.43. The van der Waals surface area contributed by atoms with E-state index in [1.165, 1.54) is 25.1 Å². The second-order valence-corrected chi connectivity index (χ2v) is 5.78. The minimum atomic E-state index is -4.34. The summed E-state index contributed by atoms with van der Waals surface area (Å²) in [5.74, 6) is -2.18. The smallest absolute Gasteiger partial charge is 0.420 e. The van der Waals surface area contributed by atoms with Crippen molar-refractivity contribution in [3.8, 4) is 0 Å². The van der Waals surface area contributed by atoms with Crippen molar-refractivity contribution in [2.45, 2.75) is 17.9 Å². The number of carbonyl (C=O) groups excluding carboxylic acids is 2. The van der Waals surface area contributed by atoms with Crippen LogP contribution in [0.3, 0.4) is 0 Å². The third kappa shape index (κ3) is 4.19. The fraction of sp³-hybridized carbons (Fsp3) is 0.250. The molecule has 22 heavy (non-hydrogen) atoms. The van der Waals surface area contributed by atoms with Crippen LogP contribution in [0.1, 0.15) is 17.3 Å². The molecule has 0 unspecified atom stereocenters. The van der Waals surface area contributed by atoms with Crippen molar-refractivity contribution in [1.29, 1.82) is 0 Å². The van der Waals surface area contributed by atoms with Gasteiger partial charge in [0.25, 0.3) is 15.9 Å². The van der Waals surface area contributed by atoms with Crippen molar-refractivity contribution in [1.82, 2.24) is 10.0 Å². The maximum Gasteiger partial charge on any atom is 0.420 e. The zero-order chi connectivity index (χ0) is 16.9. The molecule has 1 aromatic carbocycles. The first-order valence-electron chi connectivity index (χ1n) is 5.92. The highest BCUT2D eigenvalue weighted by Gasteiger charge is 2.25. The van der Waals surface area contributed by atoms with Gasteiger partial charge >= 0.3 is 12.1 Å². The molecule has 1 rings (SSSR count). The second-order valence-electron chi connectivity index (χ2n) is 4.13. The first-order valence-corrected chi connectivity index (χ1v) is 7.41. The van der Waals surface area contributed by atoms with E-state index in [4.69, 9.17) is 5.11 Å². The number of carboxylic acids is 1. The molecule has 0 saturated carbocycles. The van der Waals surface area contributed by atoms with Crippen molar-refractivity contribution in [2.24, 2.45) is 0 Å². The molecule has 9 nitrogen and oxygen atoms in total. The van der Waals surface area contributed by atoms with Crippen molar-refractivity contribution in [3.05, 3.63) is 29.8 Å². The Balaban J connectivity index is 3.17. The Labute approximate surface area is 126 Å². The molecule has 0 aromatic heterocycles. The summed E-state index contributed by atoms with van der Waals surface area (Å²) in [6.45, 7) is 1.23. The third-order valence-electron chi connectivity index (χ3n) is 2.54. The average Bonchev–Trinajstić information content (AvgIpc) is 2.46. The molecule has 10 heteroatoms. The normalized spacial score (nSPS) is 12.1. The second kappa shape index (κ2) is 6.89. The molecule has 0 fully saturated rings. The molecular weight excluding hydrogens is 316 g/mol. The highest BCUT2D eigenvalue weighted by atomic mass is 32.2. The van der Waals surface area contributed by atoms with Crippen LogP contribution in [0.4, 0.5) is 4.79 Å². The van der Waals surface area contributed by atoms with Crippen LogP contribution in [0.2, 0.25) is 0 Å². The number of ether oxygens (including phenoxy) is 1. The number of nitrogens with one attached hydrogen (secondary N) is 2. The van der Waals surface area contributed by atoms with E-state index in [0.717, 1.165) is 13.2 Å². The van der Waals surface area contributed by atoms with E-state index in [0.29, 0.717) is 0 Å². The van der Waals surface area contributed by atoms with Gasteiger partial charge in [0.2, 0.25) is 0 Å². The molecule has 0 aliphatic heterocycles. The van der Waals surface area contributed by atoms with Gasteiger partial charge in [0, 0.05) is 0 Å². The van der Waals surface area contributed by atoms with Crippen LogP contribution in [0.15, 0.2) is 29.2 Å². The Morgan fingerprint density at radius 2 is 1.82 bits per heavy atom. The molecule has 0 aliphatic carbocycles. The maximum atomic E-state index is 12.0. The molecule has 120 valence electrons. The van der Waals surface area contributed by atoms with Gasteiger partial charge in [-0.3, -0.25) is 9.59 Å². The van der Waals surface area contributed by atoms with Gasteiger partial charge in [-0.15, -0.1) is 0 Å². The highest BCUT2D eigenvalue weighted by Crippen LogP contribution is 2.15. The molecule has 0 radical (unpaired) electrons. The number of hydrogen-bond donors (Lipinski definition) is 3. The van der Waals surface area contributed by atoms with Gasteiger partial charge in [0.05, 0.1) is 12.7 Å². The summed E-state index contributed by atoms with van der Waals surface area (Å²) >= 11 is 0. The van der Waals surface area contributed by atoms with Crippen molar-refractivity contribution < 1.29 is 32.6 Å². The number of methoxy groups -OCH3 is 1. The Morgan fingerprint density at radius 1 is 1.23 bits per heavy atom. The topological polar surface area (TPSA) is 139 Å². The molecule has 3 N–H and O–H groups in total. The summed E-state index contributed by atoms with van der Waals surface area (Å²) in [4.78, 5) is 33.3. The SMILES string of the molecule is COC(=O)NS(=O)(=O)c1ccccc1C(=O)N[C@@H](C)C(=O)O. The summed E-state index contributed by atoms with van der Waals surface area (Å²) in [5.41, 5.74) is -0.299. The van der Waals surface area contributed by atoms with Crippen LogP contribution in [0, 0.1) is 0 Å². The molecule has 0 bridgehead atoms. The van der Waals surface area contributed by atoms with Gasteiger partial charge in [-0.1, -0.05) is 12.1 Å². The van der Waals surface area contributed by atoms with Gasteiger partial charge in [0.15, 0.2) is 0 Å². The molecule has 1 aromatic rings. The number of amides is 2. The summed E-state index contributed by atoms with van der Waals surface area (Å²) in [6.07, 6.45) is -1.21. The number of sulfonamides is 1. The number of carboxylic acid groups (broad SMARTS) is 1. The van der Waals surface area contributed by atoms with E-state index >= 15 is 0 Å². The third-order valence-corrected chi connectivity index (χ3v) is 3.91. The van der Waals surface area contributed by atoms with Crippen LogP contribution in [-0.2, 0) is 19.6 Å². The lowest BCUT2D eigenvalue weighted by atomic mass is 10.2. The Morgan fingerprint density at radius 3 is 2.36 bits per heavy atom. The minimum Gasteiger partial charge on any atom is -0.480 e. The summed E-state index contributed by atoms with van der Waals surface area (Å²) < 4.78 is 29.9. The van der Waals surface area contributed by atoms with Crippen LogP contribution in [0.25, 0.3) is 0 Å². The van der Waals surface area contributed by atoms with Gasteiger partial charge in [0.1, 0.15) is 10.9 Å². The number of rotatable bonds is 5. The molecule has 0 saturated heterocycles. The Hall–Kier alpha value is -2.62. The Bertz CT molecular complexity index is 699. The number of carbonyl (C=O) groups is 3. The first kappa shape index (κ1) is 17.4. The van der Waals surface area contributed by atoms with Gasteiger partial charge in [-0.05, 0) is 19.1 Å². The maximum absolute atomic E-state index is 12.0. The standard InChI is InChI=1S/C12H14N2O7S/c1-7(11(16)17)13-10(15)8-5-3-4-6-9(8)22(19,20)14-12(18)21-2/h3-7H,1-2H3,(H,13,15)(H,14,18)(H,16,17)/t7-/m0/s1. The van der Waals surface area contributed by atoms with E-state index in [-0.39, 0.29) is 5.56 Å². The van der Waals surface area contributed by atoms with Crippen LogP contribution in [0.5, 0.6) is 0 Å². The highest BCUT2D eigenvalue weighted by molar-refractivity contribution is 7.90. The van der Waals surface area contributed by atoms with Crippen LogP contribution >= 0.6 is 0 Å². The molecule has 2 amide bonds. The van der Waals surface area contributed by atoms with E-state index < -0.39 is 38.9 Å². The monoisotopic (exact) mass is 330 g/mol. The molecule has 1 atom stereocenters. The summed E-state index contributed by atoms with van der Waals surface area (Å²) in [7, 11) is -3.35. The van der Waals surface area contributed by atoms with E-state index in [1.807, 2.05) is 0 Å². The summed E-state index contributed by atoms with van der Waals surface area (Å²) in [5, 5.41) is 10.9.